The van der Waals surface area contributed by atoms with E-state index in [-0.39, 0.29) is 5.69 Å². The van der Waals surface area contributed by atoms with Gasteiger partial charge in [0.25, 0.3) is 11.7 Å². The van der Waals surface area contributed by atoms with Crippen molar-refractivity contribution < 1.29 is 9.34 Å². The summed E-state index contributed by atoms with van der Waals surface area (Å²) in [5.74, 6) is 0. The number of rotatable bonds is 4. The molecule has 0 radical (unpaired) electrons. The number of benzene rings is 1. The van der Waals surface area contributed by atoms with Gasteiger partial charge in [-0.15, -0.1) is 0 Å². The van der Waals surface area contributed by atoms with Crippen LogP contribution in [-0.2, 0) is 0 Å². The molecule has 1 aromatic carbocycles. The van der Waals surface area contributed by atoms with Gasteiger partial charge in [-0.25, -0.2) is 0 Å². The molecule has 2 N–H and O–H groups in total. The first-order valence-electron chi connectivity index (χ1n) is 6.40. The minimum absolute atomic E-state index is 0.0124. The Kier molecular flexibility index (Phi) is 3.34. The Hall–Kier alpha value is -2.41. The summed E-state index contributed by atoms with van der Waals surface area (Å²) in [6.07, 6.45) is 3.14. The second kappa shape index (κ2) is 5.30. The van der Waals surface area contributed by atoms with Gasteiger partial charge in [0, 0.05) is 25.2 Å². The van der Waals surface area contributed by atoms with Gasteiger partial charge in [-0.2, -0.15) is 4.98 Å². The molecule has 0 unspecified atom stereocenters. The van der Waals surface area contributed by atoms with Gasteiger partial charge in [0.1, 0.15) is 5.52 Å². The van der Waals surface area contributed by atoms with Crippen LogP contribution in [-0.4, -0.2) is 29.5 Å². The molecular formula is C13H14N4O3. The molecule has 104 valence electrons. The van der Waals surface area contributed by atoms with Crippen LogP contribution < -0.4 is 10.6 Å². The van der Waals surface area contributed by atoms with Crippen molar-refractivity contribution in [2.24, 2.45) is 0 Å². The van der Waals surface area contributed by atoms with E-state index in [0.717, 1.165) is 19.5 Å². The van der Waals surface area contributed by atoms with E-state index in [1.807, 2.05) is 0 Å². The Morgan fingerprint density at radius 2 is 2.40 bits per heavy atom. The zero-order valence-electron chi connectivity index (χ0n) is 10.8. The SMILES string of the molecule is O=[N+]([O-])c1ccc2oc(NCC3=CCNCC3)nc2c1. The quantitative estimate of drug-likeness (QED) is 0.503. The molecule has 2 heterocycles. The summed E-state index contributed by atoms with van der Waals surface area (Å²) in [6.45, 7) is 2.54. The first kappa shape index (κ1) is 12.6. The molecule has 1 aromatic heterocycles. The van der Waals surface area contributed by atoms with Crippen LogP contribution in [0.25, 0.3) is 11.1 Å². The summed E-state index contributed by atoms with van der Waals surface area (Å²) in [7, 11) is 0. The predicted octanol–water partition coefficient (Wildman–Crippen LogP) is 2.07. The number of nitrogens with one attached hydrogen (secondary N) is 2. The van der Waals surface area contributed by atoms with Crippen molar-refractivity contribution in [1.29, 1.82) is 0 Å². The van der Waals surface area contributed by atoms with Crippen LogP contribution in [0.15, 0.2) is 34.3 Å². The average molecular weight is 274 g/mol. The van der Waals surface area contributed by atoms with Crippen molar-refractivity contribution in [3.63, 3.8) is 0 Å². The molecule has 2 aromatic rings. The van der Waals surface area contributed by atoms with Crippen LogP contribution in [0.4, 0.5) is 11.7 Å². The van der Waals surface area contributed by atoms with Crippen LogP contribution in [0.2, 0.25) is 0 Å². The van der Waals surface area contributed by atoms with Crippen LogP contribution in [0.3, 0.4) is 0 Å². The molecule has 3 rings (SSSR count). The number of aromatic nitrogens is 1. The fourth-order valence-corrected chi connectivity index (χ4v) is 2.12. The highest BCUT2D eigenvalue weighted by molar-refractivity contribution is 5.77. The number of fused-ring (bicyclic) bond motifs is 1. The van der Waals surface area contributed by atoms with Crippen molar-refractivity contribution in [3.05, 3.63) is 40.0 Å². The Bertz CT molecular complexity index is 677. The Morgan fingerprint density at radius 1 is 1.50 bits per heavy atom. The largest absolute Gasteiger partial charge is 0.424 e. The zero-order valence-corrected chi connectivity index (χ0v) is 10.8. The third-order valence-corrected chi connectivity index (χ3v) is 3.21. The molecule has 0 aliphatic carbocycles. The van der Waals surface area contributed by atoms with E-state index in [0.29, 0.717) is 23.7 Å². The fraction of sp³-hybridized carbons (Fsp3) is 0.308. The molecule has 20 heavy (non-hydrogen) atoms. The van der Waals surface area contributed by atoms with E-state index >= 15 is 0 Å². The first-order valence-corrected chi connectivity index (χ1v) is 6.40. The van der Waals surface area contributed by atoms with Crippen molar-refractivity contribution in [1.82, 2.24) is 10.3 Å². The average Bonchev–Trinajstić information content (AvgIpc) is 2.88. The van der Waals surface area contributed by atoms with Crippen molar-refractivity contribution in [2.75, 3.05) is 25.0 Å². The van der Waals surface area contributed by atoms with Crippen molar-refractivity contribution in [3.8, 4) is 0 Å². The number of non-ortho nitro benzene ring substituents is 1. The van der Waals surface area contributed by atoms with Crippen LogP contribution in [0, 0.1) is 10.1 Å². The third kappa shape index (κ3) is 2.62. The van der Waals surface area contributed by atoms with Crippen LogP contribution >= 0.6 is 0 Å². The summed E-state index contributed by atoms with van der Waals surface area (Å²) < 4.78 is 5.51. The molecule has 0 amide bonds. The van der Waals surface area contributed by atoms with Gasteiger partial charge < -0.3 is 15.1 Å². The van der Waals surface area contributed by atoms with E-state index in [1.54, 1.807) is 6.07 Å². The predicted molar refractivity (Wildman–Crippen MR) is 74.7 cm³/mol. The van der Waals surface area contributed by atoms with E-state index < -0.39 is 4.92 Å². The van der Waals surface area contributed by atoms with E-state index in [2.05, 4.69) is 21.7 Å². The highest BCUT2D eigenvalue weighted by atomic mass is 16.6. The zero-order chi connectivity index (χ0) is 13.9. The van der Waals surface area contributed by atoms with Gasteiger partial charge in [-0.3, -0.25) is 10.1 Å². The second-order valence-electron chi connectivity index (χ2n) is 4.60. The van der Waals surface area contributed by atoms with Gasteiger partial charge in [-0.05, 0) is 19.0 Å². The van der Waals surface area contributed by atoms with Gasteiger partial charge in [0.15, 0.2) is 5.58 Å². The number of nitrogens with zero attached hydrogens (tertiary/aromatic N) is 2. The Labute approximate surface area is 114 Å². The molecule has 7 heteroatoms. The first-order chi connectivity index (χ1) is 9.72. The lowest BCUT2D eigenvalue weighted by Crippen LogP contribution is -2.23. The van der Waals surface area contributed by atoms with E-state index in [4.69, 9.17) is 4.42 Å². The molecule has 0 fully saturated rings. The molecule has 7 nitrogen and oxygen atoms in total. The molecule has 1 aliphatic heterocycles. The van der Waals surface area contributed by atoms with Gasteiger partial charge in [-0.1, -0.05) is 11.6 Å². The maximum absolute atomic E-state index is 10.7. The number of hydrogen-bond donors (Lipinski definition) is 2. The number of nitro groups is 1. The fourth-order valence-electron chi connectivity index (χ4n) is 2.12. The van der Waals surface area contributed by atoms with Gasteiger partial charge >= 0.3 is 0 Å². The molecule has 0 saturated carbocycles. The lowest BCUT2D eigenvalue weighted by atomic mass is 10.1. The normalized spacial score (nSPS) is 15.1. The highest BCUT2D eigenvalue weighted by Crippen LogP contribution is 2.23. The number of hydrogen-bond acceptors (Lipinski definition) is 6. The number of anilines is 1. The lowest BCUT2D eigenvalue weighted by molar-refractivity contribution is -0.384. The van der Waals surface area contributed by atoms with E-state index in [1.165, 1.54) is 17.7 Å². The summed E-state index contributed by atoms with van der Waals surface area (Å²) >= 11 is 0. The number of oxazole rings is 1. The summed E-state index contributed by atoms with van der Waals surface area (Å²) in [5, 5.41) is 17.1. The number of nitro benzene ring substituents is 1. The maximum Gasteiger partial charge on any atom is 0.295 e. The standard InChI is InChI=1S/C13H14N4O3/c18-17(19)10-1-2-12-11(7-10)16-13(20-12)15-8-9-3-5-14-6-4-9/h1-3,7,14H,4-6,8H2,(H,15,16). The van der Waals surface area contributed by atoms with Crippen LogP contribution in [0.5, 0.6) is 0 Å². The highest BCUT2D eigenvalue weighted by Gasteiger charge is 2.12. The molecule has 1 aliphatic rings. The minimum Gasteiger partial charge on any atom is -0.424 e. The monoisotopic (exact) mass is 274 g/mol. The molecule has 0 bridgehead atoms. The topological polar surface area (TPSA) is 93.2 Å². The van der Waals surface area contributed by atoms with Crippen molar-refractivity contribution in [2.45, 2.75) is 6.42 Å². The third-order valence-electron chi connectivity index (χ3n) is 3.21. The summed E-state index contributed by atoms with van der Waals surface area (Å²) in [6, 6.07) is 4.77. The van der Waals surface area contributed by atoms with Crippen LogP contribution in [0.1, 0.15) is 6.42 Å². The molecule has 0 atom stereocenters. The summed E-state index contributed by atoms with van der Waals surface area (Å²) in [4.78, 5) is 14.5. The summed E-state index contributed by atoms with van der Waals surface area (Å²) in [5.41, 5.74) is 2.34. The lowest BCUT2D eigenvalue weighted by Gasteiger charge is -2.13. The Morgan fingerprint density at radius 3 is 3.15 bits per heavy atom. The maximum atomic E-state index is 10.7. The smallest absolute Gasteiger partial charge is 0.295 e. The van der Waals surface area contributed by atoms with Gasteiger partial charge in [0.05, 0.1) is 4.92 Å². The molecular weight excluding hydrogens is 260 g/mol. The molecule has 0 spiro atoms. The Balaban J connectivity index is 1.75. The second-order valence-corrected chi connectivity index (χ2v) is 4.60. The van der Waals surface area contributed by atoms with Gasteiger partial charge in [0.2, 0.25) is 0 Å². The van der Waals surface area contributed by atoms with Crippen molar-refractivity contribution >= 4 is 22.8 Å². The molecule has 0 saturated heterocycles. The van der Waals surface area contributed by atoms with E-state index in [9.17, 15) is 10.1 Å². The minimum atomic E-state index is -0.443.